The number of rotatable bonds is 7. The van der Waals surface area contributed by atoms with E-state index >= 15 is 0 Å². The van der Waals surface area contributed by atoms with Crippen LogP contribution in [0.25, 0.3) is 0 Å². The standard InChI is InChI=1S/C19H21NO5/c1-13-9-10-17(23-3)16(11-13)20-18(21)12-24-19(22)14(2)25-15-7-5-4-6-8-15/h4-11,14H,12H2,1-3H3,(H,20,21). The lowest BCUT2D eigenvalue weighted by Gasteiger charge is -2.14. The van der Waals surface area contributed by atoms with Gasteiger partial charge in [0.15, 0.2) is 12.7 Å². The van der Waals surface area contributed by atoms with Gasteiger partial charge in [-0.1, -0.05) is 24.3 Å². The van der Waals surface area contributed by atoms with E-state index in [9.17, 15) is 9.59 Å². The van der Waals surface area contributed by atoms with Gasteiger partial charge in [0.05, 0.1) is 12.8 Å². The third-order valence-corrected chi connectivity index (χ3v) is 3.36. The van der Waals surface area contributed by atoms with Crippen molar-refractivity contribution in [2.24, 2.45) is 0 Å². The van der Waals surface area contributed by atoms with Crippen molar-refractivity contribution in [3.8, 4) is 11.5 Å². The van der Waals surface area contributed by atoms with Crippen LogP contribution in [-0.4, -0.2) is 31.7 Å². The molecule has 0 saturated carbocycles. The van der Waals surface area contributed by atoms with Crippen molar-refractivity contribution < 1.29 is 23.8 Å². The van der Waals surface area contributed by atoms with Gasteiger partial charge in [-0.25, -0.2) is 4.79 Å². The zero-order chi connectivity index (χ0) is 18.2. The minimum atomic E-state index is -0.816. The van der Waals surface area contributed by atoms with Crippen LogP contribution in [0.3, 0.4) is 0 Å². The van der Waals surface area contributed by atoms with Gasteiger partial charge in [-0.15, -0.1) is 0 Å². The van der Waals surface area contributed by atoms with Crippen LogP contribution >= 0.6 is 0 Å². The lowest BCUT2D eigenvalue weighted by atomic mass is 10.2. The number of esters is 1. The molecule has 0 heterocycles. The van der Waals surface area contributed by atoms with Gasteiger partial charge in [-0.2, -0.15) is 0 Å². The summed E-state index contributed by atoms with van der Waals surface area (Å²) in [7, 11) is 1.52. The summed E-state index contributed by atoms with van der Waals surface area (Å²) in [5.74, 6) is 0.0197. The van der Waals surface area contributed by atoms with Crippen LogP contribution in [0.15, 0.2) is 48.5 Å². The number of nitrogens with one attached hydrogen (secondary N) is 1. The maximum absolute atomic E-state index is 12.0. The van der Waals surface area contributed by atoms with E-state index in [0.717, 1.165) is 5.56 Å². The van der Waals surface area contributed by atoms with Crippen molar-refractivity contribution in [2.45, 2.75) is 20.0 Å². The van der Waals surface area contributed by atoms with E-state index in [-0.39, 0.29) is 0 Å². The fourth-order valence-electron chi connectivity index (χ4n) is 2.11. The van der Waals surface area contributed by atoms with Gasteiger partial charge < -0.3 is 19.5 Å². The largest absolute Gasteiger partial charge is 0.495 e. The van der Waals surface area contributed by atoms with Crippen molar-refractivity contribution in [1.29, 1.82) is 0 Å². The summed E-state index contributed by atoms with van der Waals surface area (Å²) in [5.41, 5.74) is 1.50. The van der Waals surface area contributed by atoms with E-state index in [4.69, 9.17) is 14.2 Å². The van der Waals surface area contributed by atoms with E-state index in [1.807, 2.05) is 19.1 Å². The third kappa shape index (κ3) is 5.53. The van der Waals surface area contributed by atoms with Gasteiger partial charge >= 0.3 is 5.97 Å². The van der Waals surface area contributed by atoms with Gasteiger partial charge in [-0.3, -0.25) is 4.79 Å². The number of anilines is 1. The molecule has 0 aliphatic heterocycles. The van der Waals surface area contributed by atoms with Gasteiger partial charge in [0, 0.05) is 0 Å². The molecular weight excluding hydrogens is 322 g/mol. The summed E-state index contributed by atoms with van der Waals surface area (Å²) < 4.78 is 15.6. The fourth-order valence-corrected chi connectivity index (χ4v) is 2.11. The maximum Gasteiger partial charge on any atom is 0.347 e. The number of para-hydroxylation sites is 1. The summed E-state index contributed by atoms with van der Waals surface area (Å²) >= 11 is 0. The molecule has 1 amide bonds. The molecule has 2 aromatic rings. The van der Waals surface area contributed by atoms with E-state index in [0.29, 0.717) is 17.2 Å². The summed E-state index contributed by atoms with van der Waals surface area (Å²) in [4.78, 5) is 23.9. The Morgan fingerprint density at radius 2 is 1.84 bits per heavy atom. The number of hydrogen-bond donors (Lipinski definition) is 1. The van der Waals surface area contributed by atoms with Crippen LogP contribution < -0.4 is 14.8 Å². The van der Waals surface area contributed by atoms with E-state index in [1.165, 1.54) is 7.11 Å². The quantitative estimate of drug-likeness (QED) is 0.783. The Labute approximate surface area is 146 Å². The number of ether oxygens (including phenoxy) is 3. The Bertz CT molecular complexity index is 730. The first kappa shape index (κ1) is 18.3. The Balaban J connectivity index is 1.85. The monoisotopic (exact) mass is 343 g/mol. The highest BCUT2D eigenvalue weighted by molar-refractivity contribution is 5.94. The molecule has 2 aromatic carbocycles. The molecule has 6 heteroatoms. The predicted octanol–water partition coefficient (Wildman–Crippen LogP) is 2.95. The van der Waals surface area contributed by atoms with Gasteiger partial charge in [0.1, 0.15) is 11.5 Å². The second kappa shape index (κ2) is 8.73. The molecule has 0 bridgehead atoms. The van der Waals surface area contributed by atoms with Crippen molar-refractivity contribution in [2.75, 3.05) is 19.0 Å². The number of aryl methyl sites for hydroxylation is 1. The zero-order valence-electron chi connectivity index (χ0n) is 14.4. The van der Waals surface area contributed by atoms with E-state index in [2.05, 4.69) is 5.32 Å². The van der Waals surface area contributed by atoms with Crippen molar-refractivity contribution in [3.63, 3.8) is 0 Å². The molecule has 0 fully saturated rings. The van der Waals surface area contributed by atoms with Gasteiger partial charge in [0.2, 0.25) is 0 Å². The second-order valence-electron chi connectivity index (χ2n) is 5.43. The number of benzene rings is 2. The first-order chi connectivity index (χ1) is 12.0. The van der Waals surface area contributed by atoms with Crippen LogP contribution in [0.1, 0.15) is 12.5 Å². The minimum Gasteiger partial charge on any atom is -0.495 e. The highest BCUT2D eigenvalue weighted by Gasteiger charge is 2.18. The number of carbonyl (C=O) groups is 2. The predicted molar refractivity (Wildman–Crippen MR) is 93.9 cm³/mol. The number of amides is 1. The molecule has 0 saturated heterocycles. The van der Waals surface area contributed by atoms with Crippen LogP contribution in [0, 0.1) is 6.92 Å². The topological polar surface area (TPSA) is 73.9 Å². The molecule has 25 heavy (non-hydrogen) atoms. The molecule has 0 spiro atoms. The highest BCUT2D eigenvalue weighted by atomic mass is 16.6. The normalized spacial score (nSPS) is 11.3. The first-order valence-electron chi connectivity index (χ1n) is 7.82. The van der Waals surface area contributed by atoms with Crippen molar-refractivity contribution in [1.82, 2.24) is 0 Å². The molecule has 2 rings (SSSR count). The second-order valence-corrected chi connectivity index (χ2v) is 5.43. The lowest BCUT2D eigenvalue weighted by molar-refractivity contribution is -0.153. The van der Waals surface area contributed by atoms with Crippen LogP contribution in [0.5, 0.6) is 11.5 Å². The fraction of sp³-hybridized carbons (Fsp3) is 0.263. The van der Waals surface area contributed by atoms with Crippen LogP contribution in [0.2, 0.25) is 0 Å². The van der Waals surface area contributed by atoms with E-state index in [1.54, 1.807) is 43.3 Å². The summed E-state index contributed by atoms with van der Waals surface area (Å²) in [6, 6.07) is 14.3. The Hall–Kier alpha value is -3.02. The average Bonchev–Trinajstić information content (AvgIpc) is 2.60. The average molecular weight is 343 g/mol. The first-order valence-corrected chi connectivity index (χ1v) is 7.82. The molecule has 0 aromatic heterocycles. The third-order valence-electron chi connectivity index (χ3n) is 3.36. The molecule has 1 atom stereocenters. The molecule has 0 radical (unpaired) electrons. The lowest BCUT2D eigenvalue weighted by Crippen LogP contribution is -2.29. The molecule has 132 valence electrons. The Morgan fingerprint density at radius 1 is 1.12 bits per heavy atom. The smallest absolute Gasteiger partial charge is 0.347 e. The minimum absolute atomic E-state index is 0.404. The molecule has 6 nitrogen and oxygen atoms in total. The van der Waals surface area contributed by atoms with Crippen LogP contribution in [-0.2, 0) is 14.3 Å². The van der Waals surface area contributed by atoms with Crippen LogP contribution in [0.4, 0.5) is 5.69 Å². The Morgan fingerprint density at radius 3 is 2.52 bits per heavy atom. The molecule has 0 aliphatic rings. The molecular formula is C19H21NO5. The summed E-state index contributed by atoms with van der Waals surface area (Å²) in [6.07, 6.45) is -0.816. The summed E-state index contributed by atoms with van der Waals surface area (Å²) in [5, 5.41) is 2.66. The van der Waals surface area contributed by atoms with Crippen molar-refractivity contribution in [3.05, 3.63) is 54.1 Å². The molecule has 0 aliphatic carbocycles. The Kier molecular flexibility index (Phi) is 6.39. The zero-order valence-corrected chi connectivity index (χ0v) is 14.4. The molecule has 1 unspecified atom stereocenters. The molecule has 1 N–H and O–H groups in total. The summed E-state index contributed by atoms with van der Waals surface area (Å²) in [6.45, 7) is 3.06. The highest BCUT2D eigenvalue weighted by Crippen LogP contribution is 2.25. The SMILES string of the molecule is COc1ccc(C)cc1NC(=O)COC(=O)C(C)Oc1ccccc1. The van der Waals surface area contributed by atoms with Gasteiger partial charge in [0.25, 0.3) is 5.91 Å². The van der Waals surface area contributed by atoms with Crippen molar-refractivity contribution >= 4 is 17.6 Å². The van der Waals surface area contributed by atoms with E-state index < -0.39 is 24.6 Å². The number of carbonyl (C=O) groups excluding carboxylic acids is 2. The maximum atomic E-state index is 12.0. The number of hydrogen-bond acceptors (Lipinski definition) is 5. The van der Waals surface area contributed by atoms with Gasteiger partial charge in [-0.05, 0) is 43.7 Å². The number of methoxy groups -OCH3 is 1.